The first-order chi connectivity index (χ1) is 16.5. The van der Waals surface area contributed by atoms with Gasteiger partial charge in [-0.05, 0) is 42.4 Å². The van der Waals surface area contributed by atoms with Crippen LogP contribution in [0.4, 0.5) is 5.69 Å². The Morgan fingerprint density at radius 3 is 2.56 bits per heavy atom. The molecule has 1 spiro atoms. The van der Waals surface area contributed by atoms with Gasteiger partial charge in [0.2, 0.25) is 0 Å². The van der Waals surface area contributed by atoms with Crippen LogP contribution >= 0.6 is 0 Å². The number of carbonyl (C=O) groups excluding carboxylic acids is 2. The Hall–Kier alpha value is -3.12. The summed E-state index contributed by atoms with van der Waals surface area (Å²) in [7, 11) is 2.88. The van der Waals surface area contributed by atoms with Crippen LogP contribution in [0.3, 0.4) is 0 Å². The Kier molecular flexibility index (Phi) is 5.94. The molecule has 178 valence electrons. The SMILES string of the molecule is COC(=O)C1=C2Nc3ccccc3C23CCN(Cc2ccccc2)C3C(CC(C)C(=O)OC)C1. The van der Waals surface area contributed by atoms with E-state index in [-0.39, 0.29) is 35.2 Å². The molecule has 2 aliphatic heterocycles. The van der Waals surface area contributed by atoms with Gasteiger partial charge >= 0.3 is 11.9 Å². The molecule has 5 rings (SSSR count). The number of hydrogen-bond acceptors (Lipinski definition) is 6. The van der Waals surface area contributed by atoms with Crippen molar-refractivity contribution in [3.63, 3.8) is 0 Å². The van der Waals surface area contributed by atoms with Crippen LogP contribution in [0.1, 0.15) is 37.3 Å². The van der Waals surface area contributed by atoms with E-state index in [1.165, 1.54) is 25.3 Å². The van der Waals surface area contributed by atoms with Crippen molar-refractivity contribution in [3.05, 3.63) is 77.0 Å². The maximum atomic E-state index is 13.0. The maximum absolute atomic E-state index is 13.0. The standard InChI is InChI=1S/C28H32N2O4/c1-18(26(31)33-2)15-20-16-21(27(32)34-3)24-28(22-11-7-8-12-23(22)29-24)13-14-30(25(20)28)17-19-9-5-4-6-10-19/h4-12,18,20,25,29H,13-17H2,1-3H3. The van der Waals surface area contributed by atoms with Gasteiger partial charge in [0.25, 0.3) is 0 Å². The van der Waals surface area contributed by atoms with Gasteiger partial charge in [-0.15, -0.1) is 0 Å². The molecule has 3 aliphatic rings. The highest BCUT2D eigenvalue weighted by Crippen LogP contribution is 2.59. The Morgan fingerprint density at radius 2 is 1.82 bits per heavy atom. The van der Waals surface area contributed by atoms with Crippen LogP contribution in [0.25, 0.3) is 0 Å². The fourth-order valence-corrected chi connectivity index (χ4v) is 6.64. The van der Waals surface area contributed by atoms with Crippen LogP contribution in [-0.2, 0) is 31.0 Å². The lowest BCUT2D eigenvalue weighted by Crippen LogP contribution is -2.52. The molecule has 1 aliphatic carbocycles. The summed E-state index contributed by atoms with van der Waals surface area (Å²) in [6, 6.07) is 19.1. The van der Waals surface area contributed by atoms with Gasteiger partial charge in [-0.25, -0.2) is 4.79 Å². The van der Waals surface area contributed by atoms with Crippen LogP contribution in [0.2, 0.25) is 0 Å². The van der Waals surface area contributed by atoms with Crippen LogP contribution in [0.15, 0.2) is 65.9 Å². The minimum Gasteiger partial charge on any atom is -0.469 e. The van der Waals surface area contributed by atoms with Crippen molar-refractivity contribution in [2.75, 3.05) is 26.1 Å². The molecular formula is C28H32N2O4. The zero-order valence-corrected chi connectivity index (χ0v) is 20.0. The first-order valence-electron chi connectivity index (χ1n) is 12.0. The second-order valence-corrected chi connectivity index (χ2v) is 9.76. The first-order valence-corrected chi connectivity index (χ1v) is 12.0. The summed E-state index contributed by atoms with van der Waals surface area (Å²) in [6.07, 6.45) is 2.13. The lowest BCUT2D eigenvalue weighted by Gasteiger charge is -2.46. The Labute approximate surface area is 200 Å². The molecule has 1 fully saturated rings. The highest BCUT2D eigenvalue weighted by Gasteiger charge is 2.61. The molecule has 0 radical (unpaired) electrons. The van der Waals surface area contributed by atoms with Crippen LogP contribution in [0.5, 0.6) is 0 Å². The summed E-state index contributed by atoms with van der Waals surface area (Å²) in [5.74, 6) is -0.645. The minimum absolute atomic E-state index is 0.103. The van der Waals surface area contributed by atoms with Gasteiger partial charge < -0.3 is 14.8 Å². The second kappa shape index (κ2) is 8.91. The first kappa shape index (κ1) is 22.7. The quantitative estimate of drug-likeness (QED) is 0.650. The molecule has 2 aromatic carbocycles. The topological polar surface area (TPSA) is 67.9 Å². The molecule has 2 heterocycles. The number of likely N-dealkylation sites (tertiary alicyclic amines) is 1. The summed E-state index contributed by atoms with van der Waals surface area (Å²) >= 11 is 0. The predicted molar refractivity (Wildman–Crippen MR) is 130 cm³/mol. The van der Waals surface area contributed by atoms with Crippen LogP contribution < -0.4 is 5.32 Å². The molecule has 1 N–H and O–H groups in total. The highest BCUT2D eigenvalue weighted by molar-refractivity contribution is 5.93. The molecule has 6 nitrogen and oxygen atoms in total. The fraction of sp³-hybridized carbons (Fsp3) is 0.429. The van der Waals surface area contributed by atoms with E-state index in [0.29, 0.717) is 18.4 Å². The average Bonchev–Trinajstić information content (AvgIpc) is 3.41. The lowest BCUT2D eigenvalue weighted by atomic mass is 9.62. The summed E-state index contributed by atoms with van der Waals surface area (Å²) < 4.78 is 10.3. The largest absolute Gasteiger partial charge is 0.469 e. The molecule has 1 saturated heterocycles. The Morgan fingerprint density at radius 1 is 1.09 bits per heavy atom. The molecule has 0 saturated carbocycles. The summed E-state index contributed by atoms with van der Waals surface area (Å²) in [6.45, 7) is 3.67. The minimum atomic E-state index is -0.326. The summed E-state index contributed by atoms with van der Waals surface area (Å²) in [5.41, 5.74) is 4.94. The van der Waals surface area contributed by atoms with Gasteiger partial charge in [0.05, 0.1) is 31.1 Å². The fourth-order valence-electron chi connectivity index (χ4n) is 6.64. The number of ether oxygens (including phenoxy) is 2. The number of nitrogens with zero attached hydrogens (tertiary/aromatic N) is 1. The smallest absolute Gasteiger partial charge is 0.335 e. The van der Waals surface area contributed by atoms with Gasteiger partial charge in [-0.3, -0.25) is 9.69 Å². The normalized spacial score (nSPS) is 26.2. The zero-order chi connectivity index (χ0) is 23.9. The number of methoxy groups -OCH3 is 2. The van der Waals surface area contributed by atoms with E-state index in [2.05, 4.69) is 52.7 Å². The zero-order valence-electron chi connectivity index (χ0n) is 20.0. The Balaban J connectivity index is 1.64. The molecule has 0 aromatic heterocycles. The van der Waals surface area contributed by atoms with Crippen molar-refractivity contribution in [2.24, 2.45) is 11.8 Å². The van der Waals surface area contributed by atoms with Crippen molar-refractivity contribution in [2.45, 2.75) is 44.2 Å². The lowest BCUT2D eigenvalue weighted by molar-refractivity contribution is -0.145. The maximum Gasteiger partial charge on any atom is 0.335 e. The number of nitrogens with one attached hydrogen (secondary N) is 1. The molecule has 6 heteroatoms. The number of anilines is 1. The van der Waals surface area contributed by atoms with Gasteiger partial charge in [0.15, 0.2) is 0 Å². The Bertz CT molecular complexity index is 1130. The monoisotopic (exact) mass is 460 g/mol. The second-order valence-electron chi connectivity index (χ2n) is 9.76. The molecule has 2 aromatic rings. The van der Waals surface area contributed by atoms with E-state index in [4.69, 9.17) is 9.47 Å². The van der Waals surface area contributed by atoms with Gasteiger partial charge in [-0.2, -0.15) is 0 Å². The van der Waals surface area contributed by atoms with Crippen molar-refractivity contribution in [3.8, 4) is 0 Å². The number of para-hydroxylation sites is 1. The summed E-state index contributed by atoms with van der Waals surface area (Å²) in [4.78, 5) is 28.0. The van der Waals surface area contributed by atoms with E-state index in [9.17, 15) is 9.59 Å². The number of hydrogen-bond donors (Lipinski definition) is 1. The molecule has 0 amide bonds. The average molecular weight is 461 g/mol. The molecular weight excluding hydrogens is 428 g/mol. The van der Waals surface area contributed by atoms with Crippen LogP contribution in [-0.4, -0.2) is 43.6 Å². The van der Waals surface area contributed by atoms with E-state index < -0.39 is 0 Å². The number of fused-ring (bicyclic) bond motifs is 1. The number of benzene rings is 2. The van der Waals surface area contributed by atoms with Crippen molar-refractivity contribution in [1.29, 1.82) is 0 Å². The van der Waals surface area contributed by atoms with Crippen molar-refractivity contribution >= 4 is 17.6 Å². The third-order valence-electron chi connectivity index (χ3n) is 7.94. The van der Waals surface area contributed by atoms with E-state index in [1.807, 2.05) is 19.1 Å². The molecule has 0 bridgehead atoms. The number of carbonyl (C=O) groups is 2. The van der Waals surface area contributed by atoms with E-state index in [1.54, 1.807) is 0 Å². The van der Waals surface area contributed by atoms with Gasteiger partial charge in [-0.1, -0.05) is 55.5 Å². The third-order valence-corrected chi connectivity index (χ3v) is 7.94. The van der Waals surface area contributed by atoms with Gasteiger partial charge in [0.1, 0.15) is 0 Å². The van der Waals surface area contributed by atoms with Gasteiger partial charge in [0, 0.05) is 30.5 Å². The third kappa shape index (κ3) is 3.52. The van der Waals surface area contributed by atoms with Crippen molar-refractivity contribution < 1.29 is 19.1 Å². The van der Waals surface area contributed by atoms with E-state index in [0.717, 1.165) is 30.9 Å². The predicted octanol–water partition coefficient (Wildman–Crippen LogP) is 4.27. The van der Waals surface area contributed by atoms with E-state index >= 15 is 0 Å². The van der Waals surface area contributed by atoms with Crippen molar-refractivity contribution in [1.82, 2.24) is 4.90 Å². The number of rotatable bonds is 6. The highest BCUT2D eigenvalue weighted by atomic mass is 16.5. The molecule has 34 heavy (non-hydrogen) atoms. The molecule has 4 atom stereocenters. The van der Waals surface area contributed by atoms with Crippen LogP contribution in [0, 0.1) is 11.8 Å². The summed E-state index contributed by atoms with van der Waals surface area (Å²) in [5, 5.41) is 3.62. The number of esters is 2. The molecule has 4 unspecified atom stereocenters.